The van der Waals surface area contributed by atoms with Crippen LogP contribution in [-0.4, -0.2) is 67.5 Å². The molecule has 3 aromatic rings. The van der Waals surface area contributed by atoms with Crippen LogP contribution in [0.25, 0.3) is 11.0 Å². The molecule has 4 rings (SSSR count). The number of anilines is 1. The third-order valence-corrected chi connectivity index (χ3v) is 6.51. The SMILES string of the molecule is CCn1cc(C(=O)O)c(=O)c2cnc(N3CCN(C(=S)CC(=O)c4ccccc4Cl)CC3)nc21. The summed E-state index contributed by atoms with van der Waals surface area (Å²) in [6, 6.07) is 6.92. The van der Waals surface area contributed by atoms with Crippen molar-refractivity contribution in [1.29, 1.82) is 0 Å². The highest BCUT2D eigenvalue weighted by molar-refractivity contribution is 7.80. The Bertz CT molecular complexity index is 1350. The van der Waals surface area contributed by atoms with Gasteiger partial charge in [0.1, 0.15) is 11.2 Å². The van der Waals surface area contributed by atoms with E-state index < -0.39 is 11.4 Å². The number of Topliss-reactive ketones (excluding diaryl/α,β-unsaturated/α-hetero) is 1. The van der Waals surface area contributed by atoms with E-state index in [1.807, 2.05) is 16.7 Å². The van der Waals surface area contributed by atoms with Gasteiger partial charge in [-0.1, -0.05) is 36.0 Å². The number of piperazine rings is 1. The van der Waals surface area contributed by atoms with Crippen molar-refractivity contribution in [2.24, 2.45) is 0 Å². The number of carboxylic acids is 1. The molecule has 1 aliphatic heterocycles. The van der Waals surface area contributed by atoms with Crippen molar-refractivity contribution in [1.82, 2.24) is 19.4 Å². The first kappa shape index (κ1) is 23.8. The standard InChI is InChI=1S/C23H22ClN5O4S/c1-2-27-13-16(22(32)33)20(31)15-12-25-23(26-21(15)27)29-9-7-28(8-10-29)19(34)11-18(30)14-5-3-4-6-17(14)24/h3-6,12-13H,2,7-11H2,1H3,(H,32,33). The molecule has 0 bridgehead atoms. The van der Waals surface area contributed by atoms with Crippen molar-refractivity contribution in [2.75, 3.05) is 31.1 Å². The highest BCUT2D eigenvalue weighted by Crippen LogP contribution is 2.19. The summed E-state index contributed by atoms with van der Waals surface area (Å²) in [5.41, 5.74) is -0.0511. The van der Waals surface area contributed by atoms with Crippen LogP contribution < -0.4 is 10.3 Å². The lowest BCUT2D eigenvalue weighted by Crippen LogP contribution is -2.49. The van der Waals surface area contributed by atoms with E-state index in [1.165, 1.54) is 12.4 Å². The fourth-order valence-corrected chi connectivity index (χ4v) is 4.45. The zero-order chi connectivity index (χ0) is 24.4. The number of ketones is 1. The van der Waals surface area contributed by atoms with Gasteiger partial charge in [-0.2, -0.15) is 4.98 Å². The normalized spacial score (nSPS) is 13.8. The zero-order valence-electron chi connectivity index (χ0n) is 18.4. The van der Waals surface area contributed by atoms with Crippen molar-refractivity contribution in [3.63, 3.8) is 0 Å². The minimum atomic E-state index is -1.28. The minimum Gasteiger partial charge on any atom is -0.477 e. The lowest BCUT2D eigenvalue weighted by molar-refractivity contribution is 0.0694. The Balaban J connectivity index is 1.47. The van der Waals surface area contributed by atoms with Gasteiger partial charge in [0.2, 0.25) is 11.4 Å². The van der Waals surface area contributed by atoms with Crippen molar-refractivity contribution < 1.29 is 14.7 Å². The number of carbonyl (C=O) groups excluding carboxylic acids is 1. The summed E-state index contributed by atoms with van der Waals surface area (Å²) in [6.07, 6.45) is 2.81. The highest BCUT2D eigenvalue weighted by Gasteiger charge is 2.24. The number of aromatic nitrogens is 3. The largest absolute Gasteiger partial charge is 0.477 e. The van der Waals surface area contributed by atoms with Crippen LogP contribution in [0.15, 0.2) is 41.5 Å². The van der Waals surface area contributed by atoms with Crippen molar-refractivity contribution in [3.8, 4) is 0 Å². The molecule has 0 aliphatic carbocycles. The van der Waals surface area contributed by atoms with E-state index in [1.54, 1.807) is 28.8 Å². The Morgan fingerprint density at radius 1 is 1.15 bits per heavy atom. The summed E-state index contributed by atoms with van der Waals surface area (Å²) in [6.45, 7) is 4.64. The maximum Gasteiger partial charge on any atom is 0.341 e. The van der Waals surface area contributed by atoms with Crippen molar-refractivity contribution in [3.05, 3.63) is 63.0 Å². The minimum absolute atomic E-state index is 0.111. The van der Waals surface area contributed by atoms with Crippen molar-refractivity contribution >= 4 is 57.5 Å². The molecule has 2 aromatic heterocycles. The Morgan fingerprint density at radius 2 is 1.85 bits per heavy atom. The van der Waals surface area contributed by atoms with Crippen LogP contribution in [0.1, 0.15) is 34.1 Å². The Hall–Kier alpha value is -3.37. The number of hydrogen-bond donors (Lipinski definition) is 1. The summed E-state index contributed by atoms with van der Waals surface area (Å²) in [5.74, 6) is -0.942. The maximum absolute atomic E-state index is 12.6. The lowest BCUT2D eigenvalue weighted by Gasteiger charge is -2.36. The van der Waals surface area contributed by atoms with Gasteiger partial charge >= 0.3 is 5.97 Å². The fraction of sp³-hybridized carbons (Fsp3) is 0.304. The number of aromatic carboxylic acids is 1. The van der Waals surface area contributed by atoms with Crippen molar-refractivity contribution in [2.45, 2.75) is 19.9 Å². The average molecular weight is 500 g/mol. The molecule has 0 unspecified atom stereocenters. The summed E-state index contributed by atoms with van der Waals surface area (Å²) in [7, 11) is 0. The third-order valence-electron chi connectivity index (χ3n) is 5.77. The summed E-state index contributed by atoms with van der Waals surface area (Å²) in [5, 5.41) is 9.88. The van der Waals surface area contributed by atoms with E-state index in [4.69, 9.17) is 23.8 Å². The van der Waals surface area contributed by atoms with E-state index in [2.05, 4.69) is 9.97 Å². The van der Waals surface area contributed by atoms with Gasteiger partial charge in [0.15, 0.2) is 5.78 Å². The average Bonchev–Trinajstić information content (AvgIpc) is 2.84. The van der Waals surface area contributed by atoms with Crippen LogP contribution in [0.2, 0.25) is 5.02 Å². The second-order valence-corrected chi connectivity index (χ2v) is 8.70. The Labute approximate surface area is 205 Å². The van der Waals surface area contributed by atoms with E-state index in [0.717, 1.165) is 0 Å². The van der Waals surface area contributed by atoms with Crippen LogP contribution in [0.4, 0.5) is 5.95 Å². The van der Waals surface area contributed by atoms with E-state index in [0.29, 0.717) is 59.9 Å². The number of carboxylic acid groups (broad SMARTS) is 1. The molecule has 1 aliphatic rings. The van der Waals surface area contributed by atoms with Gasteiger partial charge in [-0.05, 0) is 19.1 Å². The lowest BCUT2D eigenvalue weighted by atomic mass is 10.1. The number of hydrogen-bond acceptors (Lipinski definition) is 7. The van der Waals surface area contributed by atoms with Crippen LogP contribution >= 0.6 is 23.8 Å². The van der Waals surface area contributed by atoms with Gasteiger partial charge in [-0.3, -0.25) is 9.59 Å². The van der Waals surface area contributed by atoms with Gasteiger partial charge < -0.3 is 19.5 Å². The molecule has 176 valence electrons. The van der Waals surface area contributed by atoms with E-state index in [9.17, 15) is 19.5 Å². The molecule has 34 heavy (non-hydrogen) atoms. The van der Waals surface area contributed by atoms with Gasteiger partial charge in [-0.15, -0.1) is 0 Å². The zero-order valence-corrected chi connectivity index (χ0v) is 20.0. The number of pyridine rings is 1. The smallest absolute Gasteiger partial charge is 0.341 e. The predicted octanol–water partition coefficient (Wildman–Crippen LogP) is 2.89. The van der Waals surface area contributed by atoms with Gasteiger partial charge in [0.05, 0.1) is 21.8 Å². The molecule has 0 radical (unpaired) electrons. The molecular formula is C23H22ClN5O4S. The van der Waals surface area contributed by atoms with Crippen LogP contribution in [0, 0.1) is 0 Å². The molecule has 1 aromatic carbocycles. The molecule has 0 atom stereocenters. The summed E-state index contributed by atoms with van der Waals surface area (Å²) >= 11 is 11.6. The fourth-order valence-electron chi connectivity index (χ4n) is 3.90. The van der Waals surface area contributed by atoms with E-state index >= 15 is 0 Å². The molecule has 1 N–H and O–H groups in total. The number of thiocarbonyl (C=S) groups is 1. The predicted molar refractivity (Wildman–Crippen MR) is 133 cm³/mol. The first-order valence-electron chi connectivity index (χ1n) is 10.7. The van der Waals surface area contributed by atoms with Crippen LogP contribution in [0.3, 0.4) is 0 Å². The molecule has 0 amide bonds. The number of rotatable bonds is 6. The number of nitrogens with zero attached hydrogens (tertiary/aromatic N) is 5. The van der Waals surface area contributed by atoms with E-state index in [-0.39, 0.29) is 23.2 Å². The van der Waals surface area contributed by atoms with Crippen LogP contribution in [0.5, 0.6) is 0 Å². The first-order valence-corrected chi connectivity index (χ1v) is 11.5. The van der Waals surface area contributed by atoms with Gasteiger partial charge in [-0.25, -0.2) is 9.78 Å². The third kappa shape index (κ3) is 4.64. The molecule has 0 saturated carbocycles. The molecule has 11 heteroatoms. The second kappa shape index (κ2) is 9.86. The molecule has 9 nitrogen and oxygen atoms in total. The Morgan fingerprint density at radius 3 is 2.50 bits per heavy atom. The molecular weight excluding hydrogens is 478 g/mol. The number of halogens is 1. The first-order chi connectivity index (χ1) is 16.3. The van der Waals surface area contributed by atoms with Gasteiger partial charge in [0.25, 0.3) is 0 Å². The molecule has 0 spiro atoms. The number of aryl methyl sites for hydroxylation is 1. The highest BCUT2D eigenvalue weighted by atomic mass is 35.5. The Kier molecular flexibility index (Phi) is 6.90. The topological polar surface area (TPSA) is 109 Å². The molecule has 1 fully saturated rings. The quantitative estimate of drug-likeness (QED) is 0.404. The van der Waals surface area contributed by atoms with Gasteiger partial charge in [0, 0.05) is 50.7 Å². The second-order valence-electron chi connectivity index (χ2n) is 7.82. The molecule has 3 heterocycles. The number of benzene rings is 1. The maximum atomic E-state index is 12.6. The van der Waals surface area contributed by atoms with Crippen LogP contribution in [-0.2, 0) is 6.54 Å². The number of fused-ring (bicyclic) bond motifs is 1. The summed E-state index contributed by atoms with van der Waals surface area (Å²) < 4.78 is 1.64. The molecule has 1 saturated heterocycles. The number of carbonyl (C=O) groups is 2. The monoisotopic (exact) mass is 499 g/mol. The summed E-state index contributed by atoms with van der Waals surface area (Å²) in [4.78, 5) is 49.9.